The van der Waals surface area contributed by atoms with Crippen molar-refractivity contribution in [2.45, 2.75) is 13.5 Å². The first-order chi connectivity index (χ1) is 11.1. The minimum absolute atomic E-state index is 0.222. The highest BCUT2D eigenvalue weighted by molar-refractivity contribution is 5.82. The normalized spacial score (nSPS) is 21.7. The van der Waals surface area contributed by atoms with Crippen LogP contribution in [0.15, 0.2) is 27.4 Å². The molecule has 0 radical (unpaired) electrons. The zero-order chi connectivity index (χ0) is 16.4. The summed E-state index contributed by atoms with van der Waals surface area (Å²) < 4.78 is 5.27. The monoisotopic (exact) mass is 320 g/mol. The first-order valence-corrected chi connectivity index (χ1v) is 8.11. The molecule has 0 saturated carbocycles. The molecule has 0 unspecified atom stereocenters. The van der Waals surface area contributed by atoms with Crippen molar-refractivity contribution in [1.29, 1.82) is 0 Å². The molecule has 1 aromatic carbocycles. The van der Waals surface area contributed by atoms with E-state index >= 15 is 0 Å². The number of hydrogen-bond acceptors (Lipinski definition) is 4. The zero-order valence-electron chi connectivity index (χ0n) is 13.4. The highest BCUT2D eigenvalue weighted by atomic mass is 16.4. The molecule has 0 bridgehead atoms. The van der Waals surface area contributed by atoms with Crippen LogP contribution in [0.5, 0.6) is 5.75 Å². The van der Waals surface area contributed by atoms with E-state index in [1.54, 1.807) is 19.1 Å². The molecule has 6 nitrogen and oxygen atoms in total. The number of quaternary nitrogens is 2. The van der Waals surface area contributed by atoms with Gasteiger partial charge in [-0.1, -0.05) is 0 Å². The van der Waals surface area contributed by atoms with Gasteiger partial charge in [-0.3, -0.25) is 0 Å². The van der Waals surface area contributed by atoms with Gasteiger partial charge in [0.05, 0.1) is 6.61 Å². The molecule has 0 spiro atoms. The molecule has 1 aliphatic heterocycles. The number of aliphatic hydroxyl groups is 1. The van der Waals surface area contributed by atoms with Gasteiger partial charge in [-0.15, -0.1) is 0 Å². The summed E-state index contributed by atoms with van der Waals surface area (Å²) in [6.07, 6.45) is 0. The van der Waals surface area contributed by atoms with E-state index in [0.717, 1.165) is 50.2 Å². The van der Waals surface area contributed by atoms with E-state index in [4.69, 9.17) is 9.52 Å². The third-order valence-corrected chi connectivity index (χ3v) is 4.72. The quantitative estimate of drug-likeness (QED) is 0.496. The Hall–Kier alpha value is -1.89. The topological polar surface area (TPSA) is 79.5 Å². The summed E-state index contributed by atoms with van der Waals surface area (Å²) in [4.78, 5) is 14.7. The molecule has 2 aromatic rings. The van der Waals surface area contributed by atoms with E-state index in [2.05, 4.69) is 0 Å². The van der Waals surface area contributed by atoms with Gasteiger partial charge in [0.25, 0.3) is 0 Å². The molecular formula is C17H24N2O4+2. The fraction of sp³-hybridized carbons (Fsp3) is 0.471. The average molecular weight is 320 g/mol. The minimum atomic E-state index is -0.346. The van der Waals surface area contributed by atoms with Gasteiger partial charge < -0.3 is 24.4 Å². The lowest BCUT2D eigenvalue weighted by Crippen LogP contribution is -3.27. The zero-order valence-corrected chi connectivity index (χ0v) is 13.4. The van der Waals surface area contributed by atoms with E-state index in [1.165, 1.54) is 15.9 Å². The molecule has 4 N–H and O–H groups in total. The van der Waals surface area contributed by atoms with Crippen molar-refractivity contribution in [3.05, 3.63) is 39.7 Å². The highest BCUT2D eigenvalue weighted by Gasteiger charge is 2.23. The molecule has 1 saturated heterocycles. The van der Waals surface area contributed by atoms with E-state index in [9.17, 15) is 9.90 Å². The minimum Gasteiger partial charge on any atom is -0.508 e. The number of aromatic hydroxyl groups is 1. The Bertz CT molecular complexity index is 748. The molecular weight excluding hydrogens is 296 g/mol. The van der Waals surface area contributed by atoms with Crippen LogP contribution in [0.2, 0.25) is 0 Å². The Kier molecular flexibility index (Phi) is 4.66. The van der Waals surface area contributed by atoms with Gasteiger partial charge in [0.15, 0.2) is 0 Å². The standard InChI is InChI=1S/C17H22N2O4/c1-12-8-16-14(10-15(12)21)13(9-17(22)23-16)11-19-4-2-18(3-5-19)6-7-20/h8-10,20-21H,2-7,11H2,1H3/p+2. The van der Waals surface area contributed by atoms with E-state index in [-0.39, 0.29) is 18.0 Å². The molecule has 124 valence electrons. The fourth-order valence-electron chi connectivity index (χ4n) is 3.32. The SMILES string of the molecule is Cc1cc2oc(=O)cc(C[NH+]3CC[NH+](CCO)CC3)c2cc1O. The summed E-state index contributed by atoms with van der Waals surface area (Å²) in [5, 5.41) is 19.8. The molecule has 3 rings (SSSR count). The number of fused-ring (bicyclic) bond motifs is 1. The second kappa shape index (κ2) is 6.70. The summed E-state index contributed by atoms with van der Waals surface area (Å²) in [5.41, 5.74) is 1.81. The number of nitrogens with one attached hydrogen (secondary N) is 2. The third-order valence-electron chi connectivity index (χ3n) is 4.72. The van der Waals surface area contributed by atoms with Gasteiger partial charge >= 0.3 is 5.63 Å². The smallest absolute Gasteiger partial charge is 0.336 e. The number of phenolic OH excluding ortho intramolecular Hbond substituents is 1. The maximum absolute atomic E-state index is 11.8. The van der Waals surface area contributed by atoms with Crippen molar-refractivity contribution in [2.24, 2.45) is 0 Å². The first-order valence-electron chi connectivity index (χ1n) is 8.11. The maximum Gasteiger partial charge on any atom is 0.336 e. The number of benzene rings is 1. The maximum atomic E-state index is 11.8. The molecule has 6 heteroatoms. The second-order valence-electron chi connectivity index (χ2n) is 6.38. The lowest BCUT2D eigenvalue weighted by Gasteiger charge is -2.29. The van der Waals surface area contributed by atoms with Crippen molar-refractivity contribution in [1.82, 2.24) is 0 Å². The van der Waals surface area contributed by atoms with Crippen molar-refractivity contribution >= 4 is 11.0 Å². The van der Waals surface area contributed by atoms with Crippen molar-refractivity contribution in [2.75, 3.05) is 39.3 Å². The van der Waals surface area contributed by atoms with E-state index < -0.39 is 0 Å². The predicted octanol–water partition coefficient (Wildman–Crippen LogP) is -1.92. The molecule has 1 aromatic heterocycles. The number of aliphatic hydroxyl groups excluding tert-OH is 1. The van der Waals surface area contributed by atoms with Gasteiger partial charge in [-0.2, -0.15) is 0 Å². The van der Waals surface area contributed by atoms with Gasteiger partial charge in [0.2, 0.25) is 0 Å². The Morgan fingerprint density at radius 3 is 2.52 bits per heavy atom. The lowest BCUT2D eigenvalue weighted by molar-refractivity contribution is -1.02. The van der Waals surface area contributed by atoms with Crippen LogP contribution >= 0.6 is 0 Å². The largest absolute Gasteiger partial charge is 0.508 e. The molecule has 23 heavy (non-hydrogen) atoms. The second-order valence-corrected chi connectivity index (χ2v) is 6.38. The highest BCUT2D eigenvalue weighted by Crippen LogP contribution is 2.25. The molecule has 1 aliphatic rings. The van der Waals surface area contributed by atoms with Crippen LogP contribution in [0.4, 0.5) is 0 Å². The lowest BCUT2D eigenvalue weighted by atomic mass is 10.1. The van der Waals surface area contributed by atoms with Crippen LogP contribution in [-0.2, 0) is 6.54 Å². The summed E-state index contributed by atoms with van der Waals surface area (Å²) in [7, 11) is 0. The summed E-state index contributed by atoms with van der Waals surface area (Å²) in [5.74, 6) is 0.222. The van der Waals surface area contributed by atoms with Crippen molar-refractivity contribution in [3.63, 3.8) is 0 Å². The third kappa shape index (κ3) is 3.55. The molecule has 0 atom stereocenters. The van der Waals surface area contributed by atoms with Crippen LogP contribution in [-0.4, -0.2) is 49.5 Å². The summed E-state index contributed by atoms with van der Waals surface area (Å²) in [6, 6.07) is 4.95. The van der Waals surface area contributed by atoms with Crippen LogP contribution in [0, 0.1) is 6.92 Å². The van der Waals surface area contributed by atoms with Gasteiger partial charge in [-0.25, -0.2) is 4.79 Å². The molecule has 2 heterocycles. The van der Waals surface area contributed by atoms with Crippen LogP contribution in [0.3, 0.4) is 0 Å². The Balaban J connectivity index is 1.83. The van der Waals surface area contributed by atoms with Crippen LogP contribution in [0.1, 0.15) is 11.1 Å². The van der Waals surface area contributed by atoms with E-state index in [0.29, 0.717) is 11.1 Å². The van der Waals surface area contributed by atoms with E-state index in [1.807, 2.05) is 0 Å². The first kappa shape index (κ1) is 16.0. The van der Waals surface area contributed by atoms with Crippen LogP contribution < -0.4 is 15.4 Å². The number of rotatable bonds is 4. The summed E-state index contributed by atoms with van der Waals surface area (Å²) in [6.45, 7) is 7.64. The molecule has 0 aliphatic carbocycles. The van der Waals surface area contributed by atoms with Gasteiger partial charge in [-0.05, 0) is 24.6 Å². The Morgan fingerprint density at radius 2 is 1.83 bits per heavy atom. The molecule has 1 fully saturated rings. The number of hydrogen-bond donors (Lipinski definition) is 4. The average Bonchev–Trinajstić information content (AvgIpc) is 2.51. The van der Waals surface area contributed by atoms with Gasteiger partial charge in [0.1, 0.15) is 50.6 Å². The Labute approximate surface area is 134 Å². The summed E-state index contributed by atoms with van der Waals surface area (Å²) >= 11 is 0. The predicted molar refractivity (Wildman–Crippen MR) is 85.9 cm³/mol. The van der Waals surface area contributed by atoms with Crippen molar-refractivity contribution < 1.29 is 24.4 Å². The number of phenols is 1. The van der Waals surface area contributed by atoms with Crippen LogP contribution in [0.25, 0.3) is 11.0 Å². The number of piperazine rings is 1. The van der Waals surface area contributed by atoms with Gasteiger partial charge in [0, 0.05) is 17.0 Å². The van der Waals surface area contributed by atoms with Crippen molar-refractivity contribution in [3.8, 4) is 5.75 Å². The molecule has 0 amide bonds. The Morgan fingerprint density at radius 1 is 1.13 bits per heavy atom. The number of aryl methyl sites for hydroxylation is 1. The fourth-order valence-corrected chi connectivity index (χ4v) is 3.32.